The number of carbonyl (C=O) groups excluding carboxylic acids is 4. The average Bonchev–Trinajstić information content (AvgIpc) is 3.83. The van der Waals surface area contributed by atoms with E-state index in [1.54, 1.807) is 28.1 Å². The summed E-state index contributed by atoms with van der Waals surface area (Å²) in [5.41, 5.74) is 3.50. The Labute approximate surface area is 336 Å². The van der Waals surface area contributed by atoms with E-state index in [-0.39, 0.29) is 36.3 Å². The van der Waals surface area contributed by atoms with Crippen LogP contribution in [0, 0.1) is 11.8 Å². The molecule has 2 atom stereocenters. The van der Waals surface area contributed by atoms with E-state index < -0.39 is 11.8 Å². The van der Waals surface area contributed by atoms with Crippen LogP contribution in [0.15, 0.2) is 107 Å². The van der Waals surface area contributed by atoms with E-state index in [0.29, 0.717) is 21.2 Å². The SMILES string of the molecule is COC(=O)[C@@H](C)CC(=O)c1cc2cc(Br)c(OC)cc2s1.COC(=O)[C@@H](C)CC(=O)c1cc2cc(N=C(c3ccccc3)c3ccccc3)c(OC)cc2s1. The minimum Gasteiger partial charge on any atom is -0.496 e. The van der Waals surface area contributed by atoms with Crippen LogP contribution in [0.4, 0.5) is 5.69 Å². The maximum absolute atomic E-state index is 12.8. The lowest BCUT2D eigenvalue weighted by atomic mass is 10.0. The van der Waals surface area contributed by atoms with Crippen LogP contribution >= 0.6 is 38.6 Å². The Balaban J connectivity index is 0.000000237. The molecule has 0 aliphatic carbocycles. The molecule has 0 radical (unpaired) electrons. The topological polar surface area (TPSA) is 118 Å². The van der Waals surface area contributed by atoms with Crippen LogP contribution < -0.4 is 9.47 Å². The third-order valence-electron chi connectivity index (χ3n) is 8.68. The second-order valence-corrected chi connectivity index (χ2v) is 15.6. The third-order valence-corrected chi connectivity index (χ3v) is 11.6. The number of aliphatic imine (C=N–C) groups is 1. The van der Waals surface area contributed by atoms with E-state index in [4.69, 9.17) is 19.2 Å². The van der Waals surface area contributed by atoms with Crippen molar-refractivity contribution in [2.75, 3.05) is 28.4 Å². The van der Waals surface area contributed by atoms with Crippen molar-refractivity contribution in [3.8, 4) is 11.5 Å². The molecule has 0 aliphatic rings. The second-order valence-electron chi connectivity index (χ2n) is 12.6. The fourth-order valence-electron chi connectivity index (χ4n) is 5.71. The highest BCUT2D eigenvalue weighted by Crippen LogP contribution is 2.38. The molecule has 0 saturated heterocycles. The van der Waals surface area contributed by atoms with Gasteiger partial charge < -0.3 is 18.9 Å². The number of Topliss-reactive ketones (excluding diaryl/α,β-unsaturated/α-hetero) is 2. The lowest BCUT2D eigenvalue weighted by Gasteiger charge is -2.10. The van der Waals surface area contributed by atoms with Gasteiger partial charge in [0.05, 0.1) is 60.2 Å². The summed E-state index contributed by atoms with van der Waals surface area (Å²) in [5, 5.41) is 1.88. The molecule has 284 valence electrons. The van der Waals surface area contributed by atoms with Crippen molar-refractivity contribution in [3.05, 3.63) is 122 Å². The van der Waals surface area contributed by atoms with Gasteiger partial charge in [0.15, 0.2) is 11.6 Å². The number of methoxy groups -OCH3 is 4. The van der Waals surface area contributed by atoms with Gasteiger partial charge >= 0.3 is 11.9 Å². The van der Waals surface area contributed by atoms with E-state index in [2.05, 4.69) is 20.7 Å². The molecular weight excluding hydrogens is 803 g/mol. The van der Waals surface area contributed by atoms with E-state index in [1.807, 2.05) is 97.1 Å². The molecule has 0 bridgehead atoms. The van der Waals surface area contributed by atoms with Crippen molar-refractivity contribution >= 4 is 93.7 Å². The van der Waals surface area contributed by atoms with Gasteiger partial charge in [-0.1, -0.05) is 74.5 Å². The fourth-order valence-corrected chi connectivity index (χ4v) is 8.28. The Morgan fingerprint density at radius 3 is 1.49 bits per heavy atom. The van der Waals surface area contributed by atoms with Gasteiger partial charge in [0.25, 0.3) is 0 Å². The van der Waals surface area contributed by atoms with Gasteiger partial charge in [0.2, 0.25) is 0 Å². The van der Waals surface area contributed by atoms with Gasteiger partial charge in [-0.2, -0.15) is 0 Å². The van der Waals surface area contributed by atoms with Crippen molar-refractivity contribution in [2.24, 2.45) is 16.8 Å². The van der Waals surface area contributed by atoms with Crippen LogP contribution in [0.1, 0.15) is 57.2 Å². The summed E-state index contributed by atoms with van der Waals surface area (Å²) in [6.45, 7) is 3.39. The molecule has 9 nitrogen and oxygen atoms in total. The largest absolute Gasteiger partial charge is 0.496 e. The monoisotopic (exact) mass is 841 g/mol. The van der Waals surface area contributed by atoms with Gasteiger partial charge in [-0.25, -0.2) is 4.99 Å². The van der Waals surface area contributed by atoms with Crippen molar-refractivity contribution in [2.45, 2.75) is 26.7 Å². The lowest BCUT2D eigenvalue weighted by molar-refractivity contribution is -0.145. The van der Waals surface area contributed by atoms with Crippen molar-refractivity contribution in [1.82, 2.24) is 0 Å². The molecule has 2 aromatic heterocycles. The minimum atomic E-state index is -0.489. The summed E-state index contributed by atoms with van der Waals surface area (Å²) in [6.07, 6.45) is 0.256. The summed E-state index contributed by atoms with van der Waals surface area (Å²) in [6, 6.07) is 31.4. The number of esters is 2. The van der Waals surface area contributed by atoms with E-state index in [1.165, 1.54) is 36.9 Å². The van der Waals surface area contributed by atoms with Crippen molar-refractivity contribution in [3.63, 3.8) is 0 Å². The normalized spacial score (nSPS) is 11.8. The summed E-state index contributed by atoms with van der Waals surface area (Å²) in [4.78, 5) is 54.4. The molecule has 2 heterocycles. The van der Waals surface area contributed by atoms with Crippen molar-refractivity contribution < 1.29 is 38.1 Å². The van der Waals surface area contributed by atoms with E-state index in [0.717, 1.165) is 47.2 Å². The number of hydrogen-bond acceptors (Lipinski definition) is 11. The molecular formula is C43H40BrNO8S2. The molecule has 0 fully saturated rings. The smallest absolute Gasteiger partial charge is 0.308 e. The summed E-state index contributed by atoms with van der Waals surface area (Å²) in [5.74, 6) is -0.463. The Hall–Kier alpha value is -5.17. The first-order chi connectivity index (χ1) is 26.5. The molecule has 0 saturated carbocycles. The Morgan fingerprint density at radius 1 is 0.618 bits per heavy atom. The Kier molecular flexibility index (Phi) is 14.1. The van der Waals surface area contributed by atoms with Crippen LogP contribution in [-0.2, 0) is 19.1 Å². The van der Waals surface area contributed by atoms with Gasteiger partial charge in [0, 0.05) is 39.4 Å². The van der Waals surface area contributed by atoms with Crippen LogP contribution in [0.25, 0.3) is 20.2 Å². The molecule has 12 heteroatoms. The zero-order valence-corrected chi connectivity index (χ0v) is 34.4. The summed E-state index contributed by atoms with van der Waals surface area (Å²) < 4.78 is 23.0. The first-order valence-corrected chi connectivity index (χ1v) is 19.7. The standard InChI is InChI=1S/C28H25NO4S.C15H15BrO4S/c1-18(28(31)33-3)14-23(30)26-16-21-15-22(24(32-2)17-25(21)34-26)29-27(19-10-6-4-7-11-19)20-12-8-5-9-13-20;1-8(15(18)20-3)4-11(17)14-6-9-5-10(16)12(19-2)7-13(9)21-14/h4-13,15-18H,14H2,1-3H3;5-8H,4H2,1-3H3/t18-;8-/m00/s1. The van der Waals surface area contributed by atoms with Gasteiger partial charge in [-0.3, -0.25) is 19.2 Å². The molecule has 0 aliphatic heterocycles. The van der Waals surface area contributed by atoms with Crippen LogP contribution in [-0.4, -0.2) is 57.7 Å². The highest BCUT2D eigenvalue weighted by Gasteiger charge is 2.22. The highest BCUT2D eigenvalue weighted by molar-refractivity contribution is 9.10. The summed E-state index contributed by atoms with van der Waals surface area (Å²) in [7, 11) is 5.87. The van der Waals surface area contributed by atoms with Crippen molar-refractivity contribution in [1.29, 1.82) is 0 Å². The van der Waals surface area contributed by atoms with Gasteiger partial charge in [-0.15, -0.1) is 22.7 Å². The average molecular weight is 843 g/mol. The van der Waals surface area contributed by atoms with Crippen LogP contribution in [0.3, 0.4) is 0 Å². The van der Waals surface area contributed by atoms with Crippen LogP contribution in [0.5, 0.6) is 11.5 Å². The first-order valence-electron chi connectivity index (χ1n) is 17.3. The molecule has 55 heavy (non-hydrogen) atoms. The van der Waals surface area contributed by atoms with Gasteiger partial charge in [-0.05, 0) is 57.0 Å². The number of thiophene rings is 2. The molecule has 0 amide bonds. The van der Waals surface area contributed by atoms with Gasteiger partial charge in [0.1, 0.15) is 17.2 Å². The van der Waals surface area contributed by atoms with E-state index in [9.17, 15) is 19.2 Å². The quantitative estimate of drug-likeness (QED) is 0.0641. The predicted octanol–water partition coefficient (Wildman–Crippen LogP) is 10.5. The predicted molar refractivity (Wildman–Crippen MR) is 223 cm³/mol. The number of carbonyl (C=O) groups is 4. The maximum Gasteiger partial charge on any atom is 0.308 e. The third kappa shape index (κ3) is 10.1. The number of ketones is 2. The minimum absolute atomic E-state index is 0.0517. The second kappa shape index (κ2) is 18.9. The molecule has 4 aromatic carbocycles. The molecule has 0 unspecified atom stereocenters. The maximum atomic E-state index is 12.8. The fraction of sp³-hybridized carbons (Fsp3) is 0.233. The molecule has 6 aromatic rings. The number of nitrogens with zero attached hydrogens (tertiary/aromatic N) is 1. The Bertz CT molecular complexity index is 2310. The molecule has 0 spiro atoms. The molecule has 0 N–H and O–H groups in total. The number of ether oxygens (including phenoxy) is 4. The number of rotatable bonds is 13. The zero-order valence-electron chi connectivity index (χ0n) is 31.2. The van der Waals surface area contributed by atoms with Crippen LogP contribution in [0.2, 0.25) is 0 Å². The Morgan fingerprint density at radius 2 is 1.05 bits per heavy atom. The molecule has 6 rings (SSSR count). The zero-order chi connectivity index (χ0) is 39.6. The summed E-state index contributed by atoms with van der Waals surface area (Å²) >= 11 is 6.21. The lowest BCUT2D eigenvalue weighted by Crippen LogP contribution is -2.16. The number of halogens is 1. The first kappa shape index (κ1) is 41.0. The number of hydrogen-bond donors (Lipinski definition) is 0. The van der Waals surface area contributed by atoms with E-state index >= 15 is 0 Å². The number of fused-ring (bicyclic) bond motifs is 2. The highest BCUT2D eigenvalue weighted by atomic mass is 79.9. The number of benzene rings is 4.